The second-order valence-corrected chi connectivity index (χ2v) is 9.95. The molecule has 1 aliphatic carbocycles. The van der Waals surface area contributed by atoms with E-state index in [1.165, 1.54) is 24.1 Å². The highest BCUT2D eigenvalue weighted by Gasteiger charge is 2.50. The average molecular weight is 444 g/mol. The van der Waals surface area contributed by atoms with Crippen molar-refractivity contribution in [3.05, 3.63) is 47.5 Å². The molecule has 1 saturated carbocycles. The summed E-state index contributed by atoms with van der Waals surface area (Å²) < 4.78 is 15.0. The number of likely N-dealkylation sites (N-methyl/N-ethyl adjacent to an activating group) is 1. The van der Waals surface area contributed by atoms with E-state index in [9.17, 15) is 19.1 Å². The maximum absolute atomic E-state index is 13.7. The minimum atomic E-state index is -0.749. The first kappa shape index (κ1) is 22.4. The van der Waals surface area contributed by atoms with Crippen LogP contribution in [-0.4, -0.2) is 62.6 Å². The molecule has 8 nitrogen and oxygen atoms in total. The van der Waals surface area contributed by atoms with E-state index in [0.29, 0.717) is 0 Å². The molecule has 2 heterocycles. The maximum atomic E-state index is 13.7. The molecule has 1 aliphatic heterocycles. The quantitative estimate of drug-likeness (QED) is 0.734. The summed E-state index contributed by atoms with van der Waals surface area (Å²) in [6, 6.07) is 5.01. The molecule has 2 aromatic rings. The fourth-order valence-corrected chi connectivity index (χ4v) is 4.72. The smallest absolute Gasteiger partial charge is 0.248 e. The Balaban J connectivity index is 1.66. The molecule has 172 valence electrons. The van der Waals surface area contributed by atoms with Crippen LogP contribution in [0.3, 0.4) is 0 Å². The number of likely N-dealkylation sites (tertiary alicyclic amines) is 1. The standard InChI is InChI=1S/C23H30FN5O3/c1-22(2,3)19(21(32)28-12-16(30)11-17(28)20(31)25-4)29-13-18(26-27-29)23(9-10-23)14-5-7-15(24)8-6-14/h5-8,13,16-17,19,30H,9-12H2,1-4H3,(H,25,31)/t16-,17+,19-/m1/s1. The molecule has 0 unspecified atom stereocenters. The second-order valence-electron chi connectivity index (χ2n) is 9.95. The molecular weight excluding hydrogens is 413 g/mol. The number of carbonyl (C=O) groups excluding carboxylic acids is 2. The van der Waals surface area contributed by atoms with Crippen LogP contribution in [0.15, 0.2) is 30.5 Å². The van der Waals surface area contributed by atoms with Crippen LogP contribution >= 0.6 is 0 Å². The van der Waals surface area contributed by atoms with Crippen molar-refractivity contribution in [2.75, 3.05) is 13.6 Å². The van der Waals surface area contributed by atoms with Crippen LogP contribution < -0.4 is 5.32 Å². The van der Waals surface area contributed by atoms with Crippen molar-refractivity contribution >= 4 is 11.8 Å². The Kier molecular flexibility index (Phi) is 5.56. The van der Waals surface area contributed by atoms with Crippen molar-refractivity contribution in [1.29, 1.82) is 0 Å². The molecule has 4 rings (SSSR count). The van der Waals surface area contributed by atoms with Crippen LogP contribution in [0.1, 0.15) is 57.3 Å². The molecule has 2 aliphatic rings. The number of benzene rings is 1. The first-order chi connectivity index (χ1) is 15.1. The van der Waals surface area contributed by atoms with Crippen LogP contribution in [0, 0.1) is 11.2 Å². The van der Waals surface area contributed by atoms with Crippen LogP contribution in [-0.2, 0) is 15.0 Å². The lowest BCUT2D eigenvalue weighted by Gasteiger charge is -2.34. The van der Waals surface area contributed by atoms with Gasteiger partial charge in [-0.25, -0.2) is 9.07 Å². The number of aromatic nitrogens is 3. The molecule has 2 amide bonds. The Morgan fingerprint density at radius 1 is 1.25 bits per heavy atom. The molecule has 32 heavy (non-hydrogen) atoms. The molecule has 1 saturated heterocycles. The summed E-state index contributed by atoms with van der Waals surface area (Å²) >= 11 is 0. The number of amides is 2. The Morgan fingerprint density at radius 3 is 2.47 bits per heavy atom. The number of nitrogens with one attached hydrogen (secondary N) is 1. The van der Waals surface area contributed by atoms with Crippen molar-refractivity contribution < 1.29 is 19.1 Å². The van der Waals surface area contributed by atoms with Gasteiger partial charge in [0, 0.05) is 25.4 Å². The van der Waals surface area contributed by atoms with Gasteiger partial charge in [0.05, 0.1) is 18.0 Å². The highest BCUT2D eigenvalue weighted by Crippen LogP contribution is 2.53. The van der Waals surface area contributed by atoms with Gasteiger partial charge in [-0.1, -0.05) is 38.1 Å². The van der Waals surface area contributed by atoms with E-state index in [1.54, 1.807) is 23.0 Å². The van der Waals surface area contributed by atoms with Gasteiger partial charge in [0.25, 0.3) is 0 Å². The minimum Gasteiger partial charge on any atom is -0.391 e. The summed E-state index contributed by atoms with van der Waals surface area (Å²) in [6.45, 7) is 5.91. The first-order valence-electron chi connectivity index (χ1n) is 11.0. The number of hydrogen-bond donors (Lipinski definition) is 2. The van der Waals surface area contributed by atoms with Crippen molar-refractivity contribution in [2.24, 2.45) is 5.41 Å². The Morgan fingerprint density at radius 2 is 1.91 bits per heavy atom. The number of β-amino-alcohol motifs (C(OH)–C–C–N with tert-alkyl or cyclic N) is 1. The van der Waals surface area contributed by atoms with Gasteiger partial charge in [0.15, 0.2) is 0 Å². The number of aliphatic hydroxyl groups is 1. The Labute approximate surface area is 186 Å². The van der Waals surface area contributed by atoms with E-state index < -0.39 is 23.6 Å². The molecular formula is C23H30FN5O3. The van der Waals surface area contributed by atoms with Crippen LogP contribution in [0.25, 0.3) is 0 Å². The zero-order chi connectivity index (χ0) is 23.3. The predicted molar refractivity (Wildman–Crippen MR) is 115 cm³/mol. The third-order valence-electron chi connectivity index (χ3n) is 6.58. The fourth-order valence-electron chi connectivity index (χ4n) is 4.72. The lowest BCUT2D eigenvalue weighted by atomic mass is 9.85. The van der Waals surface area contributed by atoms with Crippen molar-refractivity contribution in [1.82, 2.24) is 25.2 Å². The van der Waals surface area contributed by atoms with Crippen LogP contribution in [0.2, 0.25) is 0 Å². The van der Waals surface area contributed by atoms with E-state index in [2.05, 4.69) is 15.6 Å². The minimum absolute atomic E-state index is 0.102. The Hall–Kier alpha value is -2.81. The number of rotatable bonds is 5. The molecule has 0 bridgehead atoms. The lowest BCUT2D eigenvalue weighted by Crippen LogP contribution is -2.49. The summed E-state index contributed by atoms with van der Waals surface area (Å²) in [6.07, 6.45) is 3.01. The van der Waals surface area contributed by atoms with Crippen molar-refractivity contribution in [2.45, 2.75) is 63.6 Å². The van der Waals surface area contributed by atoms with Gasteiger partial charge < -0.3 is 15.3 Å². The molecule has 1 aromatic carbocycles. The lowest BCUT2D eigenvalue weighted by molar-refractivity contribution is -0.144. The summed E-state index contributed by atoms with van der Waals surface area (Å²) in [5.41, 5.74) is 0.892. The highest BCUT2D eigenvalue weighted by atomic mass is 19.1. The number of carbonyl (C=O) groups is 2. The molecule has 9 heteroatoms. The fraction of sp³-hybridized carbons (Fsp3) is 0.565. The monoisotopic (exact) mass is 443 g/mol. The largest absolute Gasteiger partial charge is 0.391 e. The number of halogens is 1. The summed E-state index contributed by atoms with van der Waals surface area (Å²) in [5, 5.41) is 21.4. The number of aliphatic hydroxyl groups excluding tert-OH is 1. The van der Waals surface area contributed by atoms with Crippen molar-refractivity contribution in [3.63, 3.8) is 0 Å². The molecule has 0 radical (unpaired) electrons. The van der Waals surface area contributed by atoms with Crippen molar-refractivity contribution in [3.8, 4) is 0 Å². The van der Waals surface area contributed by atoms with E-state index in [-0.39, 0.29) is 36.0 Å². The maximum Gasteiger partial charge on any atom is 0.248 e. The van der Waals surface area contributed by atoms with Gasteiger partial charge in [0.2, 0.25) is 11.8 Å². The zero-order valence-corrected chi connectivity index (χ0v) is 18.9. The van der Waals surface area contributed by atoms with Gasteiger partial charge in [-0.15, -0.1) is 5.10 Å². The second kappa shape index (κ2) is 7.95. The van der Waals surface area contributed by atoms with E-state index in [4.69, 9.17) is 0 Å². The van der Waals surface area contributed by atoms with Gasteiger partial charge in [-0.3, -0.25) is 9.59 Å². The van der Waals surface area contributed by atoms with Gasteiger partial charge in [-0.05, 0) is 36.0 Å². The SMILES string of the molecule is CNC(=O)[C@@H]1C[C@@H](O)CN1C(=O)[C@@H](n1cc(C2(c3ccc(F)cc3)CC2)nn1)C(C)(C)C. The van der Waals surface area contributed by atoms with Gasteiger partial charge in [-0.2, -0.15) is 0 Å². The van der Waals surface area contributed by atoms with Crippen LogP contribution in [0.5, 0.6) is 0 Å². The summed E-state index contributed by atoms with van der Waals surface area (Å²) in [7, 11) is 1.52. The topological polar surface area (TPSA) is 100 Å². The average Bonchev–Trinajstić information content (AvgIpc) is 3.22. The molecule has 2 N–H and O–H groups in total. The normalized spacial score (nSPS) is 23.1. The molecule has 3 atom stereocenters. The van der Waals surface area contributed by atoms with Gasteiger partial charge in [0.1, 0.15) is 17.9 Å². The van der Waals surface area contributed by atoms with E-state index in [1.807, 2.05) is 20.8 Å². The van der Waals surface area contributed by atoms with E-state index in [0.717, 1.165) is 24.1 Å². The Bertz CT molecular complexity index is 1010. The third-order valence-corrected chi connectivity index (χ3v) is 6.58. The summed E-state index contributed by atoms with van der Waals surface area (Å²) in [5.74, 6) is -0.856. The summed E-state index contributed by atoms with van der Waals surface area (Å²) in [4.78, 5) is 27.4. The number of nitrogens with zero attached hydrogens (tertiary/aromatic N) is 4. The van der Waals surface area contributed by atoms with Crippen LogP contribution in [0.4, 0.5) is 4.39 Å². The zero-order valence-electron chi connectivity index (χ0n) is 18.9. The number of hydrogen-bond acceptors (Lipinski definition) is 5. The predicted octanol–water partition coefficient (Wildman–Crippen LogP) is 1.79. The third kappa shape index (κ3) is 3.90. The first-order valence-corrected chi connectivity index (χ1v) is 11.0. The molecule has 1 aromatic heterocycles. The molecule has 2 fully saturated rings. The highest BCUT2D eigenvalue weighted by molar-refractivity contribution is 5.90. The molecule has 0 spiro atoms. The van der Waals surface area contributed by atoms with E-state index >= 15 is 0 Å². The van der Waals surface area contributed by atoms with Gasteiger partial charge >= 0.3 is 0 Å².